The lowest BCUT2D eigenvalue weighted by Gasteiger charge is -2.27. The van der Waals surface area contributed by atoms with Crippen LogP contribution in [0.2, 0.25) is 0 Å². The van der Waals surface area contributed by atoms with Crippen molar-refractivity contribution >= 4 is 39.0 Å². The van der Waals surface area contributed by atoms with Gasteiger partial charge in [0.2, 0.25) is 16.0 Å². The first-order valence-electron chi connectivity index (χ1n) is 11.8. The molecule has 2 aromatic heterocycles. The fraction of sp³-hybridized carbons (Fsp3) is 0.400. The number of aromatic nitrogens is 3. The van der Waals surface area contributed by atoms with Crippen molar-refractivity contribution in [2.75, 3.05) is 28.6 Å². The van der Waals surface area contributed by atoms with Gasteiger partial charge in [-0.3, -0.25) is 0 Å². The van der Waals surface area contributed by atoms with Crippen molar-refractivity contribution in [3.8, 4) is 0 Å². The van der Waals surface area contributed by atoms with Crippen molar-refractivity contribution in [3.05, 3.63) is 54.4 Å². The Morgan fingerprint density at radius 3 is 2.37 bits per heavy atom. The Labute approximate surface area is 207 Å². The lowest BCUT2D eigenvalue weighted by Crippen LogP contribution is -2.40. The van der Waals surface area contributed by atoms with Gasteiger partial charge in [-0.25, -0.2) is 23.1 Å². The molecule has 0 saturated carbocycles. The van der Waals surface area contributed by atoms with Gasteiger partial charge in [0.25, 0.3) is 0 Å². The molecular weight excluding hydrogens is 462 g/mol. The molecule has 3 heterocycles. The topological polar surface area (TPSA) is 112 Å². The summed E-state index contributed by atoms with van der Waals surface area (Å²) in [4.78, 5) is 16.1. The Morgan fingerprint density at radius 2 is 1.69 bits per heavy atom. The molecule has 0 bridgehead atoms. The van der Waals surface area contributed by atoms with Crippen LogP contribution in [0.1, 0.15) is 45.6 Å². The number of pyridine rings is 1. The van der Waals surface area contributed by atoms with Gasteiger partial charge in [0, 0.05) is 36.1 Å². The molecule has 0 amide bonds. The monoisotopic (exact) mass is 495 g/mol. The molecule has 9 nitrogen and oxygen atoms in total. The maximum atomic E-state index is 12.7. The van der Waals surface area contributed by atoms with E-state index in [2.05, 4.69) is 35.2 Å². The zero-order valence-electron chi connectivity index (χ0n) is 20.7. The van der Waals surface area contributed by atoms with Crippen molar-refractivity contribution in [2.45, 2.75) is 57.4 Å². The average molecular weight is 496 g/mol. The van der Waals surface area contributed by atoms with Crippen LogP contribution >= 0.6 is 0 Å². The molecule has 1 fully saturated rings. The third-order valence-corrected chi connectivity index (χ3v) is 7.26. The van der Waals surface area contributed by atoms with Crippen molar-refractivity contribution < 1.29 is 8.42 Å². The van der Waals surface area contributed by atoms with Gasteiger partial charge in [-0.2, -0.15) is 4.98 Å². The number of nitrogens with zero attached hydrogens (tertiary/aromatic N) is 4. The second-order valence-electron chi connectivity index (χ2n) is 9.81. The van der Waals surface area contributed by atoms with Gasteiger partial charge in [0.15, 0.2) is 0 Å². The van der Waals surface area contributed by atoms with Gasteiger partial charge in [-0.05, 0) is 77.3 Å². The Hall–Kier alpha value is -3.24. The van der Waals surface area contributed by atoms with Gasteiger partial charge in [0.05, 0.1) is 16.8 Å². The van der Waals surface area contributed by atoms with Gasteiger partial charge < -0.3 is 15.5 Å². The number of benzene rings is 1. The molecule has 186 valence electrons. The van der Waals surface area contributed by atoms with Crippen molar-refractivity contribution in [2.24, 2.45) is 0 Å². The van der Waals surface area contributed by atoms with Crippen molar-refractivity contribution in [1.82, 2.24) is 19.7 Å². The fourth-order valence-corrected chi connectivity index (χ4v) is 5.33. The van der Waals surface area contributed by atoms with E-state index >= 15 is 0 Å². The molecule has 1 aliphatic rings. The minimum atomic E-state index is -3.65. The largest absolute Gasteiger partial charge is 0.357 e. The molecule has 0 atom stereocenters. The number of hydrogen-bond donors (Lipinski definition) is 3. The summed E-state index contributed by atoms with van der Waals surface area (Å²) < 4.78 is 28.1. The van der Waals surface area contributed by atoms with Crippen LogP contribution in [0.4, 0.5) is 29.0 Å². The second kappa shape index (κ2) is 10.2. The van der Waals surface area contributed by atoms with Crippen LogP contribution in [-0.2, 0) is 10.0 Å². The fourth-order valence-electron chi connectivity index (χ4n) is 3.87. The zero-order chi connectivity index (χ0) is 25.1. The first kappa shape index (κ1) is 24.9. The summed E-state index contributed by atoms with van der Waals surface area (Å²) in [5.41, 5.74) is 1.66. The van der Waals surface area contributed by atoms with E-state index in [0.717, 1.165) is 30.2 Å². The number of hydrogen-bond acceptors (Lipinski definition) is 8. The predicted octanol–water partition coefficient (Wildman–Crippen LogP) is 4.73. The molecule has 0 radical (unpaired) electrons. The third kappa shape index (κ3) is 6.67. The van der Waals surface area contributed by atoms with E-state index in [1.807, 2.05) is 39.8 Å². The van der Waals surface area contributed by atoms with E-state index in [-0.39, 0.29) is 4.90 Å². The normalized spacial score (nSPS) is 14.6. The number of piperidine rings is 1. The molecule has 35 heavy (non-hydrogen) atoms. The summed E-state index contributed by atoms with van der Waals surface area (Å²) in [6, 6.07) is 10.6. The molecule has 1 aromatic carbocycles. The molecule has 10 heteroatoms. The summed E-state index contributed by atoms with van der Waals surface area (Å²) in [5, 5.41) is 6.42. The molecule has 1 saturated heterocycles. The van der Waals surface area contributed by atoms with E-state index in [1.54, 1.807) is 36.7 Å². The number of sulfonamides is 1. The molecule has 3 N–H and O–H groups in total. The summed E-state index contributed by atoms with van der Waals surface area (Å²) in [5.74, 6) is 1.99. The van der Waals surface area contributed by atoms with E-state index in [0.29, 0.717) is 17.5 Å². The van der Waals surface area contributed by atoms with Crippen LogP contribution in [0.5, 0.6) is 0 Å². The number of rotatable bonds is 7. The molecule has 0 spiro atoms. The first-order valence-corrected chi connectivity index (χ1v) is 13.3. The molecule has 0 unspecified atom stereocenters. The molecule has 0 aliphatic carbocycles. The van der Waals surface area contributed by atoms with Crippen LogP contribution in [0.3, 0.4) is 0 Å². The maximum absolute atomic E-state index is 12.7. The third-order valence-electron chi connectivity index (χ3n) is 5.50. The highest BCUT2D eigenvalue weighted by Gasteiger charge is 2.22. The highest BCUT2D eigenvalue weighted by atomic mass is 32.2. The van der Waals surface area contributed by atoms with Crippen LogP contribution in [0.15, 0.2) is 53.7 Å². The quantitative estimate of drug-likeness (QED) is 0.431. The minimum absolute atomic E-state index is 0.183. The summed E-state index contributed by atoms with van der Waals surface area (Å²) in [6.45, 7) is 9.41. The van der Waals surface area contributed by atoms with Gasteiger partial charge in [-0.15, -0.1) is 0 Å². The number of anilines is 5. The highest BCUT2D eigenvalue weighted by Crippen LogP contribution is 2.24. The zero-order valence-corrected chi connectivity index (χ0v) is 21.5. The standard InChI is InChI=1S/C25H33N7O2S/c1-18-16-27-24(29-20-11-12-22(26-17-20)32-13-6-5-7-14-32)30-23(18)28-19-9-8-10-21(15-19)35(33,34)31-25(2,3)4/h8-12,15-17,31H,5-7,13-14H2,1-4H3,(H2,27,28,29,30). The lowest BCUT2D eigenvalue weighted by atomic mass is 10.1. The minimum Gasteiger partial charge on any atom is -0.357 e. The summed E-state index contributed by atoms with van der Waals surface area (Å²) in [6.07, 6.45) is 7.20. The maximum Gasteiger partial charge on any atom is 0.241 e. The molecule has 4 rings (SSSR count). The smallest absolute Gasteiger partial charge is 0.241 e. The number of aryl methyl sites for hydroxylation is 1. The Bertz CT molecular complexity index is 1270. The van der Waals surface area contributed by atoms with Crippen molar-refractivity contribution in [1.29, 1.82) is 0 Å². The average Bonchev–Trinajstić information content (AvgIpc) is 2.81. The van der Waals surface area contributed by atoms with Crippen LogP contribution in [0.25, 0.3) is 0 Å². The highest BCUT2D eigenvalue weighted by molar-refractivity contribution is 7.89. The van der Waals surface area contributed by atoms with Crippen LogP contribution in [-0.4, -0.2) is 42.0 Å². The van der Waals surface area contributed by atoms with Gasteiger partial charge >= 0.3 is 0 Å². The Morgan fingerprint density at radius 1 is 0.914 bits per heavy atom. The van der Waals surface area contributed by atoms with E-state index in [4.69, 9.17) is 0 Å². The predicted molar refractivity (Wildman–Crippen MR) is 140 cm³/mol. The summed E-state index contributed by atoms with van der Waals surface area (Å²) in [7, 11) is -3.65. The van der Waals surface area contributed by atoms with E-state index in [1.165, 1.54) is 19.3 Å². The number of nitrogens with one attached hydrogen (secondary N) is 3. The van der Waals surface area contributed by atoms with Crippen LogP contribution in [0, 0.1) is 6.92 Å². The molecule has 1 aliphatic heterocycles. The molecule has 3 aromatic rings. The van der Waals surface area contributed by atoms with Crippen molar-refractivity contribution in [3.63, 3.8) is 0 Å². The molecular formula is C25H33N7O2S. The SMILES string of the molecule is Cc1cnc(Nc2ccc(N3CCCCC3)nc2)nc1Nc1cccc(S(=O)(=O)NC(C)(C)C)c1. The van der Waals surface area contributed by atoms with Gasteiger partial charge in [0.1, 0.15) is 11.6 Å². The van der Waals surface area contributed by atoms with Gasteiger partial charge in [-0.1, -0.05) is 6.07 Å². The van der Waals surface area contributed by atoms with Crippen LogP contribution < -0.4 is 20.3 Å². The van der Waals surface area contributed by atoms with E-state index in [9.17, 15) is 8.42 Å². The first-order chi connectivity index (χ1) is 16.6. The second-order valence-corrected chi connectivity index (χ2v) is 11.5. The Kier molecular flexibility index (Phi) is 7.23. The Balaban J connectivity index is 1.48. The summed E-state index contributed by atoms with van der Waals surface area (Å²) >= 11 is 0. The van der Waals surface area contributed by atoms with E-state index < -0.39 is 15.6 Å². The lowest BCUT2D eigenvalue weighted by molar-refractivity contribution is 0.491.